The average molecular weight is 209 g/mol. The quantitative estimate of drug-likeness (QED) is 0.734. The van der Waals surface area contributed by atoms with Gasteiger partial charge in [0.25, 0.3) is 0 Å². The van der Waals surface area contributed by atoms with Gasteiger partial charge in [0.1, 0.15) is 0 Å². The maximum Gasteiger partial charge on any atom is 0.0672 e. The monoisotopic (exact) mass is 209 g/mol. The fraction of sp³-hybridized carbons (Fsp3) is 0.909. The Labute approximate surface area is 91.2 Å². The first-order valence-corrected chi connectivity index (χ1v) is 5.88. The van der Waals surface area contributed by atoms with Crippen molar-refractivity contribution in [3.8, 4) is 6.07 Å². The van der Waals surface area contributed by atoms with E-state index in [0.29, 0.717) is 6.04 Å². The first-order valence-electron chi connectivity index (χ1n) is 5.88. The van der Waals surface area contributed by atoms with E-state index in [4.69, 9.17) is 10.00 Å². The summed E-state index contributed by atoms with van der Waals surface area (Å²) >= 11 is 0. The highest BCUT2D eigenvalue weighted by Gasteiger charge is 2.26. The minimum absolute atomic E-state index is 0.196. The van der Waals surface area contributed by atoms with Crippen LogP contribution >= 0.6 is 0 Å². The minimum atomic E-state index is 0.196. The Morgan fingerprint density at radius 1 is 1.20 bits per heavy atom. The van der Waals surface area contributed by atoms with Gasteiger partial charge < -0.3 is 4.74 Å². The summed E-state index contributed by atoms with van der Waals surface area (Å²) in [6, 6.07) is 2.79. The van der Waals surface area contributed by atoms with Crippen molar-refractivity contribution in [3.63, 3.8) is 0 Å². The van der Waals surface area contributed by atoms with E-state index in [0.717, 1.165) is 39.1 Å². The highest BCUT2D eigenvalue weighted by molar-refractivity contribution is 4.94. The predicted molar refractivity (Wildman–Crippen MR) is 56.9 cm³/mol. The lowest BCUT2D eigenvalue weighted by molar-refractivity contribution is -0.00319. The number of hydrogen-bond acceptors (Lipinski definition) is 4. The fourth-order valence-corrected chi connectivity index (χ4v) is 2.37. The van der Waals surface area contributed by atoms with Gasteiger partial charge in [-0.15, -0.1) is 0 Å². The Morgan fingerprint density at radius 2 is 1.93 bits per heavy atom. The van der Waals surface area contributed by atoms with Crippen LogP contribution in [0.2, 0.25) is 0 Å². The molecule has 1 aliphatic carbocycles. The smallest absolute Gasteiger partial charge is 0.0672 e. The second-order valence-corrected chi connectivity index (χ2v) is 4.36. The van der Waals surface area contributed by atoms with Crippen molar-refractivity contribution in [1.82, 2.24) is 10.4 Å². The standard InChI is InChI=1S/C11H19N3O/c12-9-10-3-1-2-4-11(10)13-14-5-7-15-8-6-14/h10-11,13H,1-8H2. The van der Waals surface area contributed by atoms with Crippen molar-refractivity contribution in [2.45, 2.75) is 31.7 Å². The Bertz CT molecular complexity index is 232. The van der Waals surface area contributed by atoms with Crippen LogP contribution in [0.4, 0.5) is 0 Å². The lowest BCUT2D eigenvalue weighted by atomic mass is 9.86. The van der Waals surface area contributed by atoms with Crippen LogP contribution < -0.4 is 5.43 Å². The molecular formula is C11H19N3O. The topological polar surface area (TPSA) is 48.3 Å². The number of rotatable bonds is 2. The van der Waals surface area contributed by atoms with Gasteiger partial charge in [-0.05, 0) is 12.8 Å². The van der Waals surface area contributed by atoms with Crippen LogP contribution in [0.5, 0.6) is 0 Å². The SMILES string of the molecule is N#CC1CCCCC1NN1CCOCC1. The van der Waals surface area contributed by atoms with Crippen molar-refractivity contribution in [2.24, 2.45) is 5.92 Å². The number of morpholine rings is 1. The number of nitrogens with one attached hydrogen (secondary N) is 1. The van der Waals surface area contributed by atoms with Gasteiger partial charge in [-0.1, -0.05) is 12.8 Å². The number of ether oxygens (including phenoxy) is 1. The molecule has 2 fully saturated rings. The van der Waals surface area contributed by atoms with Gasteiger partial charge in [0.05, 0.1) is 25.2 Å². The van der Waals surface area contributed by atoms with E-state index in [9.17, 15) is 0 Å². The third kappa shape index (κ3) is 2.91. The van der Waals surface area contributed by atoms with Gasteiger partial charge in [0.15, 0.2) is 0 Å². The lowest BCUT2D eigenvalue weighted by Gasteiger charge is -2.35. The molecule has 2 rings (SSSR count). The van der Waals surface area contributed by atoms with Gasteiger partial charge in [0.2, 0.25) is 0 Å². The third-order valence-corrected chi connectivity index (χ3v) is 3.29. The zero-order valence-electron chi connectivity index (χ0n) is 9.11. The predicted octanol–water partition coefficient (Wildman–Crippen LogP) is 0.906. The van der Waals surface area contributed by atoms with Gasteiger partial charge in [0, 0.05) is 19.1 Å². The molecule has 1 aliphatic heterocycles. The minimum Gasteiger partial charge on any atom is -0.379 e. The fourth-order valence-electron chi connectivity index (χ4n) is 2.37. The third-order valence-electron chi connectivity index (χ3n) is 3.29. The molecule has 1 saturated heterocycles. The van der Waals surface area contributed by atoms with Crippen molar-refractivity contribution < 1.29 is 4.74 Å². The van der Waals surface area contributed by atoms with E-state index in [1.807, 2.05) is 0 Å². The van der Waals surface area contributed by atoms with Crippen molar-refractivity contribution in [1.29, 1.82) is 5.26 Å². The normalized spacial score (nSPS) is 33.5. The van der Waals surface area contributed by atoms with Gasteiger partial charge in [-0.2, -0.15) is 5.26 Å². The molecule has 2 aliphatic rings. The van der Waals surface area contributed by atoms with Crippen LogP contribution in [0.3, 0.4) is 0 Å². The van der Waals surface area contributed by atoms with Crippen LogP contribution in [0.1, 0.15) is 25.7 Å². The van der Waals surface area contributed by atoms with E-state index in [1.165, 1.54) is 12.8 Å². The van der Waals surface area contributed by atoms with Crippen LogP contribution in [-0.4, -0.2) is 37.4 Å². The van der Waals surface area contributed by atoms with Crippen LogP contribution in [0, 0.1) is 17.2 Å². The largest absolute Gasteiger partial charge is 0.379 e. The molecule has 0 aromatic rings. The summed E-state index contributed by atoms with van der Waals surface area (Å²) in [7, 11) is 0. The van der Waals surface area contributed by atoms with Gasteiger partial charge >= 0.3 is 0 Å². The van der Waals surface area contributed by atoms with Gasteiger partial charge in [-0.3, -0.25) is 5.43 Å². The molecule has 1 N–H and O–H groups in total. The summed E-state index contributed by atoms with van der Waals surface area (Å²) in [5, 5.41) is 11.3. The summed E-state index contributed by atoms with van der Waals surface area (Å²) in [6.07, 6.45) is 4.65. The highest BCUT2D eigenvalue weighted by atomic mass is 16.5. The molecule has 2 unspecified atom stereocenters. The van der Waals surface area contributed by atoms with E-state index >= 15 is 0 Å². The summed E-state index contributed by atoms with van der Waals surface area (Å²) < 4.78 is 5.30. The zero-order valence-corrected chi connectivity index (χ0v) is 9.11. The molecule has 4 heteroatoms. The highest BCUT2D eigenvalue weighted by Crippen LogP contribution is 2.24. The second-order valence-electron chi connectivity index (χ2n) is 4.36. The molecule has 4 nitrogen and oxygen atoms in total. The number of nitriles is 1. The van der Waals surface area contributed by atoms with Gasteiger partial charge in [-0.25, -0.2) is 5.01 Å². The van der Waals surface area contributed by atoms with Crippen LogP contribution in [0.25, 0.3) is 0 Å². The summed E-state index contributed by atoms with van der Waals surface area (Å²) in [6.45, 7) is 3.48. The number of hydrazine groups is 1. The molecule has 0 bridgehead atoms. The molecule has 15 heavy (non-hydrogen) atoms. The molecule has 0 spiro atoms. The van der Waals surface area contributed by atoms with Crippen LogP contribution in [-0.2, 0) is 4.74 Å². The maximum atomic E-state index is 9.06. The Balaban J connectivity index is 1.83. The molecule has 1 heterocycles. The molecule has 0 aromatic carbocycles. The average Bonchev–Trinajstić information content (AvgIpc) is 2.31. The number of hydrogen-bond donors (Lipinski definition) is 1. The maximum absolute atomic E-state index is 9.06. The first kappa shape index (κ1) is 10.9. The number of nitrogens with zero attached hydrogens (tertiary/aromatic N) is 2. The summed E-state index contributed by atoms with van der Waals surface area (Å²) in [5.74, 6) is 0.196. The van der Waals surface area contributed by atoms with Crippen molar-refractivity contribution in [2.75, 3.05) is 26.3 Å². The van der Waals surface area contributed by atoms with E-state index in [2.05, 4.69) is 16.5 Å². The van der Waals surface area contributed by atoms with E-state index < -0.39 is 0 Å². The lowest BCUT2D eigenvalue weighted by Crippen LogP contribution is -2.52. The van der Waals surface area contributed by atoms with Crippen molar-refractivity contribution >= 4 is 0 Å². The molecule has 1 saturated carbocycles. The molecule has 0 radical (unpaired) electrons. The van der Waals surface area contributed by atoms with Crippen LogP contribution in [0.15, 0.2) is 0 Å². The molecule has 84 valence electrons. The molecule has 0 amide bonds. The molecule has 0 aromatic heterocycles. The Kier molecular flexibility index (Phi) is 3.95. The summed E-state index contributed by atoms with van der Waals surface area (Å²) in [5.41, 5.74) is 3.49. The first-order chi connectivity index (χ1) is 7.40. The van der Waals surface area contributed by atoms with E-state index in [-0.39, 0.29) is 5.92 Å². The Hall–Kier alpha value is -0.630. The molecular weight excluding hydrogens is 190 g/mol. The zero-order chi connectivity index (χ0) is 10.5. The summed E-state index contributed by atoms with van der Waals surface area (Å²) in [4.78, 5) is 0. The molecule has 2 atom stereocenters. The van der Waals surface area contributed by atoms with Crippen molar-refractivity contribution in [3.05, 3.63) is 0 Å². The van der Waals surface area contributed by atoms with E-state index in [1.54, 1.807) is 0 Å². The Morgan fingerprint density at radius 3 is 2.67 bits per heavy atom. The second kappa shape index (κ2) is 5.45.